The van der Waals surface area contributed by atoms with E-state index in [0.717, 1.165) is 16.5 Å². The number of H-pyrrole nitrogens is 1. The zero-order valence-corrected chi connectivity index (χ0v) is 17.9. The molecule has 0 aliphatic heterocycles. The van der Waals surface area contributed by atoms with E-state index in [2.05, 4.69) is 15.5 Å². The third-order valence-electron chi connectivity index (χ3n) is 4.50. The SMILES string of the molecule is O=C(Nc1n[nH]c2cc(OCCOCc3ccccc3)ccc12)c1cc(Cl)cc(Cl)c1. The van der Waals surface area contributed by atoms with Gasteiger partial charge < -0.3 is 14.8 Å². The van der Waals surface area contributed by atoms with Crippen LogP contribution in [0.4, 0.5) is 5.82 Å². The van der Waals surface area contributed by atoms with Crippen LogP contribution in [-0.4, -0.2) is 29.3 Å². The molecule has 0 saturated carbocycles. The quantitative estimate of drug-likeness (QED) is 0.333. The summed E-state index contributed by atoms with van der Waals surface area (Å²) in [6.07, 6.45) is 0. The number of fused-ring (bicyclic) bond motifs is 1. The van der Waals surface area contributed by atoms with Crippen LogP contribution >= 0.6 is 23.2 Å². The molecule has 0 aliphatic rings. The molecular formula is C23H19Cl2N3O3. The van der Waals surface area contributed by atoms with Crippen LogP contribution in [-0.2, 0) is 11.3 Å². The van der Waals surface area contributed by atoms with Crippen LogP contribution in [0, 0.1) is 0 Å². The molecule has 1 heterocycles. The summed E-state index contributed by atoms with van der Waals surface area (Å²) in [7, 11) is 0. The van der Waals surface area contributed by atoms with Crippen LogP contribution < -0.4 is 10.1 Å². The van der Waals surface area contributed by atoms with Crippen LogP contribution in [0.15, 0.2) is 66.7 Å². The molecule has 3 aromatic carbocycles. The number of anilines is 1. The van der Waals surface area contributed by atoms with Crippen LogP contribution in [0.2, 0.25) is 10.0 Å². The Kier molecular flexibility index (Phi) is 6.72. The molecule has 0 saturated heterocycles. The van der Waals surface area contributed by atoms with Crippen molar-refractivity contribution in [3.05, 3.63) is 87.9 Å². The fourth-order valence-electron chi connectivity index (χ4n) is 3.03. The number of carbonyl (C=O) groups excluding carboxylic acids is 1. The number of rotatable bonds is 8. The Hall–Kier alpha value is -3.06. The predicted octanol–water partition coefficient (Wildman–Crippen LogP) is 5.72. The van der Waals surface area contributed by atoms with Gasteiger partial charge in [0.1, 0.15) is 12.4 Å². The minimum absolute atomic E-state index is 0.351. The highest BCUT2D eigenvalue weighted by atomic mass is 35.5. The highest BCUT2D eigenvalue weighted by molar-refractivity contribution is 6.35. The van der Waals surface area contributed by atoms with Gasteiger partial charge in [0.2, 0.25) is 0 Å². The van der Waals surface area contributed by atoms with E-state index in [4.69, 9.17) is 32.7 Å². The first-order valence-electron chi connectivity index (χ1n) is 9.58. The maximum absolute atomic E-state index is 12.5. The average Bonchev–Trinajstić information content (AvgIpc) is 3.15. The Balaban J connectivity index is 1.33. The monoisotopic (exact) mass is 455 g/mol. The Morgan fingerprint density at radius 1 is 0.968 bits per heavy atom. The number of hydrogen-bond donors (Lipinski definition) is 2. The topological polar surface area (TPSA) is 76.2 Å². The van der Waals surface area contributed by atoms with Gasteiger partial charge in [0.15, 0.2) is 5.82 Å². The summed E-state index contributed by atoms with van der Waals surface area (Å²) in [6.45, 7) is 1.44. The van der Waals surface area contributed by atoms with E-state index < -0.39 is 0 Å². The van der Waals surface area contributed by atoms with Crippen molar-refractivity contribution in [3.63, 3.8) is 0 Å². The molecule has 6 nitrogen and oxygen atoms in total. The molecule has 1 amide bonds. The van der Waals surface area contributed by atoms with Gasteiger partial charge in [-0.15, -0.1) is 0 Å². The van der Waals surface area contributed by atoms with Crippen molar-refractivity contribution in [2.24, 2.45) is 0 Å². The molecule has 4 rings (SSSR count). The largest absolute Gasteiger partial charge is 0.491 e. The smallest absolute Gasteiger partial charge is 0.256 e. The predicted molar refractivity (Wildman–Crippen MR) is 122 cm³/mol. The van der Waals surface area contributed by atoms with Crippen LogP contribution in [0.1, 0.15) is 15.9 Å². The lowest BCUT2D eigenvalue weighted by Gasteiger charge is -2.08. The van der Waals surface area contributed by atoms with Gasteiger partial charge in [0.05, 0.1) is 18.7 Å². The molecule has 158 valence electrons. The Morgan fingerprint density at radius 3 is 2.52 bits per heavy atom. The second-order valence-corrected chi connectivity index (χ2v) is 7.65. The van der Waals surface area contributed by atoms with Gasteiger partial charge in [-0.3, -0.25) is 9.89 Å². The number of ether oxygens (including phenoxy) is 2. The van der Waals surface area contributed by atoms with E-state index in [1.807, 2.05) is 48.5 Å². The molecule has 2 N–H and O–H groups in total. The second kappa shape index (κ2) is 9.83. The summed E-state index contributed by atoms with van der Waals surface area (Å²) in [6, 6.07) is 20.1. The molecule has 1 aromatic heterocycles. The number of aromatic amines is 1. The molecule has 0 bridgehead atoms. The molecule has 0 atom stereocenters. The number of nitrogens with one attached hydrogen (secondary N) is 2. The first-order chi connectivity index (χ1) is 15.1. The fourth-order valence-corrected chi connectivity index (χ4v) is 3.56. The summed E-state index contributed by atoms with van der Waals surface area (Å²) in [4.78, 5) is 12.5. The van der Waals surface area contributed by atoms with Crippen molar-refractivity contribution in [2.45, 2.75) is 6.61 Å². The lowest BCUT2D eigenvalue weighted by Crippen LogP contribution is -2.12. The van der Waals surface area contributed by atoms with Crippen LogP contribution in [0.3, 0.4) is 0 Å². The lowest BCUT2D eigenvalue weighted by molar-refractivity contribution is 0.0889. The van der Waals surface area contributed by atoms with Gasteiger partial charge in [-0.1, -0.05) is 53.5 Å². The van der Waals surface area contributed by atoms with Crippen molar-refractivity contribution in [3.8, 4) is 5.75 Å². The van der Waals surface area contributed by atoms with Crippen molar-refractivity contribution >= 4 is 45.8 Å². The first-order valence-corrected chi connectivity index (χ1v) is 10.3. The Bertz CT molecular complexity index is 1180. The number of aromatic nitrogens is 2. The average molecular weight is 456 g/mol. The molecule has 0 radical (unpaired) electrons. The number of nitrogens with zero attached hydrogens (tertiary/aromatic N) is 1. The zero-order valence-electron chi connectivity index (χ0n) is 16.4. The van der Waals surface area contributed by atoms with E-state index >= 15 is 0 Å². The number of carbonyl (C=O) groups is 1. The van der Waals surface area contributed by atoms with Gasteiger partial charge >= 0.3 is 0 Å². The minimum Gasteiger partial charge on any atom is -0.491 e. The van der Waals surface area contributed by atoms with Crippen LogP contribution in [0.25, 0.3) is 10.9 Å². The third kappa shape index (κ3) is 5.55. The number of amides is 1. The van der Waals surface area contributed by atoms with Gasteiger partial charge in [0, 0.05) is 27.1 Å². The molecule has 0 aliphatic carbocycles. The molecule has 0 unspecified atom stereocenters. The number of hydrogen-bond acceptors (Lipinski definition) is 4. The standard InChI is InChI=1S/C23H19Cl2N3O3/c24-17-10-16(11-18(25)12-17)23(29)26-22-20-7-6-19(13-21(20)27-28-22)31-9-8-30-14-15-4-2-1-3-5-15/h1-7,10-13H,8-9,14H2,(H2,26,27,28,29). The molecule has 8 heteroatoms. The van der Waals surface area contributed by atoms with Gasteiger partial charge in [-0.05, 0) is 35.9 Å². The molecular weight excluding hydrogens is 437 g/mol. The van der Waals surface area contributed by atoms with Crippen molar-refractivity contribution < 1.29 is 14.3 Å². The number of halogens is 2. The van der Waals surface area contributed by atoms with Crippen molar-refractivity contribution in [1.29, 1.82) is 0 Å². The summed E-state index contributed by atoms with van der Waals surface area (Å²) in [5, 5.41) is 11.4. The summed E-state index contributed by atoms with van der Waals surface area (Å²) >= 11 is 11.9. The van der Waals surface area contributed by atoms with Crippen molar-refractivity contribution in [2.75, 3.05) is 18.5 Å². The first kappa shape index (κ1) is 21.2. The van der Waals surface area contributed by atoms with Gasteiger partial charge in [-0.2, -0.15) is 5.10 Å². The van der Waals surface area contributed by atoms with Crippen molar-refractivity contribution in [1.82, 2.24) is 10.2 Å². The molecule has 31 heavy (non-hydrogen) atoms. The van der Waals surface area contributed by atoms with E-state index in [-0.39, 0.29) is 5.91 Å². The van der Waals surface area contributed by atoms with Gasteiger partial charge in [-0.25, -0.2) is 0 Å². The van der Waals surface area contributed by atoms with Gasteiger partial charge in [0.25, 0.3) is 5.91 Å². The van der Waals surface area contributed by atoms with E-state index in [1.165, 1.54) is 0 Å². The second-order valence-electron chi connectivity index (χ2n) is 6.78. The summed E-state index contributed by atoms with van der Waals surface area (Å²) < 4.78 is 11.4. The minimum atomic E-state index is -0.353. The molecule has 0 spiro atoms. The maximum Gasteiger partial charge on any atom is 0.256 e. The van der Waals surface area contributed by atoms with E-state index in [9.17, 15) is 4.79 Å². The van der Waals surface area contributed by atoms with Crippen LogP contribution in [0.5, 0.6) is 5.75 Å². The highest BCUT2D eigenvalue weighted by Gasteiger charge is 2.13. The van der Waals surface area contributed by atoms with E-state index in [1.54, 1.807) is 18.2 Å². The molecule has 4 aromatic rings. The highest BCUT2D eigenvalue weighted by Crippen LogP contribution is 2.26. The zero-order chi connectivity index (χ0) is 21.6. The van der Waals surface area contributed by atoms with E-state index in [0.29, 0.717) is 47.0 Å². The lowest BCUT2D eigenvalue weighted by atomic mass is 10.2. The normalized spacial score (nSPS) is 10.9. The molecule has 0 fully saturated rings. The third-order valence-corrected chi connectivity index (χ3v) is 4.94. The maximum atomic E-state index is 12.5. The fraction of sp³-hybridized carbons (Fsp3) is 0.130. The summed E-state index contributed by atoms with van der Waals surface area (Å²) in [5.41, 5.74) is 2.21. The Morgan fingerprint density at radius 2 is 1.74 bits per heavy atom. The summed E-state index contributed by atoms with van der Waals surface area (Å²) in [5.74, 6) is 0.737. The number of benzene rings is 3. The Labute approximate surface area is 189 Å².